The van der Waals surface area contributed by atoms with Crippen LogP contribution in [0, 0.1) is 0 Å². The molecule has 128 valence electrons. The van der Waals surface area contributed by atoms with E-state index in [1.54, 1.807) is 18.2 Å². The minimum absolute atomic E-state index is 0.0192. The fourth-order valence-corrected chi connectivity index (χ4v) is 2.64. The van der Waals surface area contributed by atoms with Crippen LogP contribution in [0.2, 0.25) is 5.02 Å². The second kappa shape index (κ2) is 7.46. The molecular weight excluding hydrogens is 334 g/mol. The Morgan fingerprint density at radius 3 is 2.42 bits per heavy atom. The number of carboxylic acids is 1. The van der Waals surface area contributed by atoms with Crippen LogP contribution in [0.4, 0.5) is 0 Å². The predicted octanol–water partition coefficient (Wildman–Crippen LogP) is 1.72. The third kappa shape index (κ3) is 3.42. The van der Waals surface area contributed by atoms with Gasteiger partial charge < -0.3 is 10.1 Å². The van der Waals surface area contributed by atoms with Gasteiger partial charge in [-0.15, -0.1) is 0 Å². The first kappa shape index (κ1) is 18.0. The lowest BCUT2D eigenvalue weighted by atomic mass is 10.2. The smallest absolute Gasteiger partial charge is 0.352 e. The van der Waals surface area contributed by atoms with Crippen LogP contribution in [0.1, 0.15) is 29.9 Å². The number of carboxylic acid groups (broad SMARTS) is 1. The molecule has 24 heavy (non-hydrogen) atoms. The maximum Gasteiger partial charge on any atom is 0.352 e. The molecule has 0 unspecified atom stereocenters. The molecule has 0 bridgehead atoms. The molecule has 0 amide bonds. The Kier molecular flexibility index (Phi) is 5.58. The summed E-state index contributed by atoms with van der Waals surface area (Å²) in [6.45, 7) is 5.21. The number of benzene rings is 1. The normalized spacial score (nSPS) is 11.0. The monoisotopic (exact) mass is 351 g/mol. The van der Waals surface area contributed by atoms with Crippen LogP contribution >= 0.6 is 11.6 Å². The van der Waals surface area contributed by atoms with E-state index in [1.165, 1.54) is 6.07 Å². The first-order valence-corrected chi connectivity index (χ1v) is 7.87. The van der Waals surface area contributed by atoms with E-state index in [1.807, 2.05) is 18.7 Å². The molecule has 2 N–H and O–H groups in total. The summed E-state index contributed by atoms with van der Waals surface area (Å²) in [6.07, 6.45) is 0. The summed E-state index contributed by atoms with van der Waals surface area (Å²) in [4.78, 5) is 40.7. The molecule has 0 fully saturated rings. The van der Waals surface area contributed by atoms with E-state index in [4.69, 9.17) is 11.6 Å². The molecule has 2 rings (SSSR count). The quantitative estimate of drug-likeness (QED) is 0.826. The van der Waals surface area contributed by atoms with Gasteiger partial charge in [0.2, 0.25) is 0 Å². The summed E-state index contributed by atoms with van der Waals surface area (Å²) < 4.78 is 0.869. The molecule has 1 heterocycles. The number of H-pyrrole nitrogens is 1. The van der Waals surface area contributed by atoms with Gasteiger partial charge in [-0.25, -0.2) is 14.2 Å². The topological polar surface area (TPSA) is 95.4 Å². The number of nitrogens with one attached hydrogen (secondary N) is 1. The van der Waals surface area contributed by atoms with Crippen LogP contribution in [0.5, 0.6) is 0 Å². The van der Waals surface area contributed by atoms with Crippen LogP contribution in [-0.2, 0) is 6.54 Å². The summed E-state index contributed by atoms with van der Waals surface area (Å²) in [5.74, 6) is -1.35. The molecule has 0 aliphatic carbocycles. The fourth-order valence-electron chi connectivity index (χ4n) is 2.42. The first-order valence-electron chi connectivity index (χ1n) is 7.49. The van der Waals surface area contributed by atoms with Gasteiger partial charge in [-0.3, -0.25) is 9.69 Å². The Hall–Kier alpha value is -2.38. The Labute approximate surface area is 143 Å². The van der Waals surface area contributed by atoms with Gasteiger partial charge in [-0.1, -0.05) is 37.6 Å². The van der Waals surface area contributed by atoms with Crippen LogP contribution in [-0.4, -0.2) is 38.6 Å². The summed E-state index contributed by atoms with van der Waals surface area (Å²) in [6, 6.07) is 6.40. The van der Waals surface area contributed by atoms with Gasteiger partial charge in [0, 0.05) is 6.54 Å². The van der Waals surface area contributed by atoms with Crippen molar-refractivity contribution in [2.24, 2.45) is 0 Å². The molecule has 1 aromatic heterocycles. The average molecular weight is 352 g/mol. The van der Waals surface area contributed by atoms with E-state index in [9.17, 15) is 19.5 Å². The number of para-hydroxylation sites is 1. The van der Waals surface area contributed by atoms with Crippen LogP contribution in [0.25, 0.3) is 5.69 Å². The van der Waals surface area contributed by atoms with Crippen molar-refractivity contribution in [2.75, 3.05) is 13.1 Å². The van der Waals surface area contributed by atoms with Crippen molar-refractivity contribution in [3.8, 4) is 5.69 Å². The van der Waals surface area contributed by atoms with E-state index >= 15 is 0 Å². The van der Waals surface area contributed by atoms with Gasteiger partial charge >= 0.3 is 11.7 Å². The zero-order valence-electron chi connectivity index (χ0n) is 13.4. The largest absolute Gasteiger partial charge is 0.477 e. The number of aromatic carboxylic acids is 1. The number of aromatic nitrogens is 2. The minimum Gasteiger partial charge on any atom is -0.477 e. The van der Waals surface area contributed by atoms with Crippen molar-refractivity contribution in [2.45, 2.75) is 20.4 Å². The van der Waals surface area contributed by atoms with Gasteiger partial charge in [0.15, 0.2) is 0 Å². The van der Waals surface area contributed by atoms with Gasteiger partial charge in [0.25, 0.3) is 5.56 Å². The summed E-state index contributed by atoms with van der Waals surface area (Å²) >= 11 is 6.08. The van der Waals surface area contributed by atoms with E-state index < -0.39 is 17.2 Å². The van der Waals surface area contributed by atoms with E-state index in [0.717, 1.165) is 4.57 Å². The number of hydrogen-bond acceptors (Lipinski definition) is 4. The molecule has 0 saturated carbocycles. The van der Waals surface area contributed by atoms with Crippen molar-refractivity contribution >= 4 is 17.6 Å². The first-order chi connectivity index (χ1) is 11.4. The average Bonchev–Trinajstić information content (AvgIpc) is 2.55. The van der Waals surface area contributed by atoms with Crippen molar-refractivity contribution in [3.63, 3.8) is 0 Å². The molecule has 2 aromatic rings. The highest BCUT2D eigenvalue weighted by Gasteiger charge is 2.21. The molecule has 1 aromatic carbocycles. The maximum absolute atomic E-state index is 12.8. The van der Waals surface area contributed by atoms with Gasteiger partial charge in [0.1, 0.15) is 5.69 Å². The number of rotatable bonds is 6. The molecule has 0 radical (unpaired) electrons. The van der Waals surface area contributed by atoms with Crippen LogP contribution in [0.15, 0.2) is 33.9 Å². The summed E-state index contributed by atoms with van der Waals surface area (Å²) in [5, 5.41) is 9.55. The maximum atomic E-state index is 12.8. The Morgan fingerprint density at radius 1 is 1.25 bits per heavy atom. The van der Waals surface area contributed by atoms with E-state index in [2.05, 4.69) is 4.98 Å². The van der Waals surface area contributed by atoms with Gasteiger partial charge in [-0.2, -0.15) is 0 Å². The number of nitrogens with zero attached hydrogens (tertiary/aromatic N) is 2. The van der Waals surface area contributed by atoms with Crippen LogP contribution in [0.3, 0.4) is 0 Å². The van der Waals surface area contributed by atoms with Crippen LogP contribution < -0.4 is 11.2 Å². The lowest BCUT2D eigenvalue weighted by Crippen LogP contribution is -2.40. The number of halogens is 1. The van der Waals surface area contributed by atoms with Gasteiger partial charge in [-0.05, 0) is 25.2 Å². The van der Waals surface area contributed by atoms with Gasteiger partial charge in [0.05, 0.1) is 16.3 Å². The Bertz CT molecular complexity index is 868. The highest BCUT2D eigenvalue weighted by molar-refractivity contribution is 6.32. The third-order valence-corrected chi connectivity index (χ3v) is 4.10. The Morgan fingerprint density at radius 2 is 1.88 bits per heavy atom. The molecule has 7 nitrogen and oxygen atoms in total. The summed E-state index contributed by atoms with van der Waals surface area (Å²) in [7, 11) is 0. The molecule has 0 atom stereocenters. The highest BCUT2D eigenvalue weighted by atomic mass is 35.5. The zero-order valence-corrected chi connectivity index (χ0v) is 14.1. The molecule has 0 aliphatic heterocycles. The van der Waals surface area contributed by atoms with Crippen molar-refractivity contribution < 1.29 is 9.90 Å². The molecule has 0 aliphatic rings. The Balaban J connectivity index is 2.76. The second-order valence-corrected chi connectivity index (χ2v) is 5.55. The van der Waals surface area contributed by atoms with Crippen molar-refractivity contribution in [3.05, 3.63) is 61.4 Å². The number of aromatic amines is 1. The van der Waals surface area contributed by atoms with Crippen molar-refractivity contribution in [1.82, 2.24) is 14.5 Å². The summed E-state index contributed by atoms with van der Waals surface area (Å²) in [5.41, 5.74) is -1.68. The predicted molar refractivity (Wildman–Crippen MR) is 91.3 cm³/mol. The zero-order chi connectivity index (χ0) is 17.9. The second-order valence-electron chi connectivity index (χ2n) is 5.14. The fraction of sp³-hybridized carbons (Fsp3) is 0.312. The highest BCUT2D eigenvalue weighted by Crippen LogP contribution is 2.17. The van der Waals surface area contributed by atoms with Crippen molar-refractivity contribution in [1.29, 1.82) is 0 Å². The molecule has 8 heteroatoms. The lowest BCUT2D eigenvalue weighted by Gasteiger charge is -2.19. The molecular formula is C16H18ClN3O4. The molecule has 0 saturated heterocycles. The standard InChI is InChI=1S/C16H18ClN3O4/c1-3-19(4-2)9-10-13(15(22)23)18-16(24)20(14(10)21)12-8-6-5-7-11(12)17/h5-8H,3-4,9H2,1-2H3,(H,18,24)(H,22,23). The third-order valence-electron chi connectivity index (χ3n) is 3.78. The molecule has 0 spiro atoms. The lowest BCUT2D eigenvalue weighted by molar-refractivity contribution is 0.0686. The minimum atomic E-state index is -1.35. The number of carbonyl (C=O) groups is 1. The number of hydrogen-bond donors (Lipinski definition) is 2. The SMILES string of the molecule is CCN(CC)Cc1c(C(=O)O)[nH]c(=O)n(-c2ccccc2Cl)c1=O. The van der Waals surface area contributed by atoms with E-state index in [-0.39, 0.29) is 28.5 Å². The van der Waals surface area contributed by atoms with E-state index in [0.29, 0.717) is 13.1 Å².